The largest absolute Gasteiger partial charge is 0.326 e. The Labute approximate surface area is 136 Å². The molecule has 21 heavy (non-hydrogen) atoms. The van der Waals surface area contributed by atoms with Gasteiger partial charge in [0.05, 0.1) is 0 Å². The van der Waals surface area contributed by atoms with Gasteiger partial charge in [0.15, 0.2) is 11.6 Å². The quantitative estimate of drug-likeness (QED) is 0.721. The minimum Gasteiger partial charge on any atom is -0.326 e. The van der Waals surface area contributed by atoms with E-state index in [4.69, 9.17) is 5.73 Å². The summed E-state index contributed by atoms with van der Waals surface area (Å²) in [4.78, 5) is 0.672. The highest BCUT2D eigenvalue weighted by molar-refractivity contribution is 9.10. The second-order valence-electron chi connectivity index (χ2n) is 4.74. The molecule has 0 aliphatic carbocycles. The van der Waals surface area contributed by atoms with Crippen LogP contribution in [0.4, 0.5) is 8.78 Å². The van der Waals surface area contributed by atoms with E-state index in [1.54, 1.807) is 6.07 Å². The number of nitrogens with two attached hydrogens (primary N) is 1. The zero-order chi connectivity index (χ0) is 15.4. The second-order valence-corrected chi connectivity index (χ2v) is 6.87. The van der Waals surface area contributed by atoms with Crippen LogP contribution in [0.15, 0.2) is 51.8 Å². The molecule has 0 heterocycles. The van der Waals surface area contributed by atoms with E-state index in [1.165, 1.54) is 17.8 Å². The summed E-state index contributed by atoms with van der Waals surface area (Å²) in [5.74, 6) is -1.67. The van der Waals surface area contributed by atoms with Crippen LogP contribution in [0.25, 0.3) is 0 Å². The van der Waals surface area contributed by atoms with Crippen molar-refractivity contribution in [2.24, 2.45) is 5.73 Å². The van der Waals surface area contributed by atoms with Crippen molar-refractivity contribution in [3.05, 3.63) is 64.1 Å². The van der Waals surface area contributed by atoms with Gasteiger partial charge in [0.2, 0.25) is 0 Å². The summed E-state index contributed by atoms with van der Waals surface area (Å²) in [7, 11) is 0. The topological polar surface area (TPSA) is 26.0 Å². The lowest BCUT2D eigenvalue weighted by atomic mass is 10.0. The van der Waals surface area contributed by atoms with Gasteiger partial charge in [-0.3, -0.25) is 0 Å². The van der Waals surface area contributed by atoms with Gasteiger partial charge >= 0.3 is 0 Å². The van der Waals surface area contributed by atoms with E-state index in [-0.39, 0.29) is 11.3 Å². The van der Waals surface area contributed by atoms with Gasteiger partial charge in [-0.1, -0.05) is 35.0 Å². The molecule has 0 amide bonds. The Morgan fingerprint density at radius 2 is 1.76 bits per heavy atom. The van der Waals surface area contributed by atoms with Gasteiger partial charge in [-0.25, -0.2) is 8.78 Å². The van der Waals surface area contributed by atoms with Gasteiger partial charge in [-0.05, 0) is 42.3 Å². The van der Waals surface area contributed by atoms with E-state index in [9.17, 15) is 8.78 Å². The summed E-state index contributed by atoms with van der Waals surface area (Å²) in [6, 6.07) is 11.8. The smallest absolute Gasteiger partial charge is 0.159 e. The van der Waals surface area contributed by atoms with Crippen LogP contribution in [0.1, 0.15) is 24.2 Å². The van der Waals surface area contributed by atoms with Gasteiger partial charge in [-0.2, -0.15) is 0 Å². The molecule has 0 saturated heterocycles. The zero-order valence-corrected chi connectivity index (χ0v) is 13.9. The average molecular weight is 372 g/mol. The summed E-state index contributed by atoms with van der Waals surface area (Å²) < 4.78 is 27.3. The minimum atomic E-state index is -0.834. The van der Waals surface area contributed by atoms with Crippen LogP contribution < -0.4 is 5.73 Å². The SMILES string of the molecule is CCC(N)C(Sc1ccc(F)c(F)c1)c1ccc(Br)cc1. The fraction of sp³-hybridized carbons (Fsp3) is 0.250. The van der Waals surface area contributed by atoms with Crippen LogP contribution in [0.3, 0.4) is 0 Å². The van der Waals surface area contributed by atoms with Crippen LogP contribution >= 0.6 is 27.7 Å². The van der Waals surface area contributed by atoms with Crippen molar-refractivity contribution in [2.75, 3.05) is 0 Å². The lowest BCUT2D eigenvalue weighted by Gasteiger charge is -2.23. The Morgan fingerprint density at radius 3 is 2.33 bits per heavy atom. The summed E-state index contributed by atoms with van der Waals surface area (Å²) in [6.45, 7) is 2.02. The monoisotopic (exact) mass is 371 g/mol. The number of hydrogen-bond donors (Lipinski definition) is 1. The number of hydrogen-bond acceptors (Lipinski definition) is 2. The number of benzene rings is 2. The summed E-state index contributed by atoms with van der Waals surface area (Å²) in [5, 5.41) is -0.00652. The normalized spacial score (nSPS) is 14.0. The van der Waals surface area contributed by atoms with E-state index in [0.29, 0.717) is 4.90 Å². The molecule has 2 atom stereocenters. The molecular formula is C16H16BrF2NS. The minimum absolute atomic E-state index is 0.00652. The zero-order valence-electron chi connectivity index (χ0n) is 11.5. The molecule has 0 bridgehead atoms. The van der Waals surface area contributed by atoms with E-state index in [2.05, 4.69) is 15.9 Å². The molecule has 1 nitrogen and oxygen atoms in total. The summed E-state index contributed by atoms with van der Waals surface area (Å²) in [5.41, 5.74) is 7.27. The molecule has 0 aliphatic heterocycles. The lowest BCUT2D eigenvalue weighted by Crippen LogP contribution is -2.25. The van der Waals surface area contributed by atoms with Gasteiger partial charge in [0, 0.05) is 20.7 Å². The molecule has 5 heteroatoms. The third kappa shape index (κ3) is 4.28. The fourth-order valence-corrected chi connectivity index (χ4v) is 3.50. The molecule has 2 aromatic rings. The Hall–Kier alpha value is -0.910. The number of rotatable bonds is 5. The molecule has 112 valence electrons. The van der Waals surface area contributed by atoms with E-state index in [0.717, 1.165) is 22.5 Å². The van der Waals surface area contributed by atoms with Crippen molar-refractivity contribution in [2.45, 2.75) is 29.5 Å². The third-order valence-electron chi connectivity index (χ3n) is 3.21. The summed E-state index contributed by atoms with van der Waals surface area (Å²) in [6.07, 6.45) is 0.803. The predicted octanol–water partition coefficient (Wildman–Crippen LogP) is 5.30. The fourth-order valence-electron chi connectivity index (χ4n) is 1.97. The molecule has 2 rings (SSSR count). The van der Waals surface area contributed by atoms with Crippen LogP contribution in [0, 0.1) is 11.6 Å². The van der Waals surface area contributed by atoms with Crippen molar-refractivity contribution in [1.82, 2.24) is 0 Å². The summed E-state index contributed by atoms with van der Waals surface area (Å²) >= 11 is 4.86. The third-order valence-corrected chi connectivity index (χ3v) is 5.14. The van der Waals surface area contributed by atoms with Gasteiger partial charge < -0.3 is 5.73 Å². The molecule has 0 aliphatic rings. The first-order valence-corrected chi connectivity index (χ1v) is 8.31. The van der Waals surface area contributed by atoms with Crippen LogP contribution in [0.2, 0.25) is 0 Å². The van der Waals surface area contributed by atoms with E-state index < -0.39 is 11.6 Å². The molecule has 2 N–H and O–H groups in total. The van der Waals surface area contributed by atoms with Crippen LogP contribution in [0.5, 0.6) is 0 Å². The first-order valence-electron chi connectivity index (χ1n) is 6.64. The van der Waals surface area contributed by atoms with Gasteiger partial charge in [0.25, 0.3) is 0 Å². The van der Waals surface area contributed by atoms with E-state index in [1.807, 2.05) is 31.2 Å². The molecule has 0 aromatic heterocycles. The highest BCUT2D eigenvalue weighted by Gasteiger charge is 2.20. The highest BCUT2D eigenvalue weighted by Crippen LogP contribution is 2.38. The number of thioether (sulfide) groups is 1. The maximum absolute atomic E-state index is 13.3. The molecule has 0 radical (unpaired) electrons. The molecule has 0 saturated carbocycles. The molecule has 0 spiro atoms. The maximum Gasteiger partial charge on any atom is 0.159 e. The maximum atomic E-state index is 13.3. The van der Waals surface area contributed by atoms with Crippen molar-refractivity contribution in [3.63, 3.8) is 0 Å². The van der Waals surface area contributed by atoms with Crippen molar-refractivity contribution in [1.29, 1.82) is 0 Å². The van der Waals surface area contributed by atoms with Gasteiger partial charge in [-0.15, -0.1) is 11.8 Å². The predicted molar refractivity (Wildman–Crippen MR) is 87.4 cm³/mol. The Balaban J connectivity index is 2.28. The molecular weight excluding hydrogens is 356 g/mol. The standard InChI is InChI=1S/C16H16BrF2NS/c1-2-15(20)16(10-3-5-11(17)6-4-10)21-12-7-8-13(18)14(19)9-12/h3-9,15-16H,2,20H2,1H3. The molecule has 2 aromatic carbocycles. The number of halogens is 3. The molecule has 2 unspecified atom stereocenters. The van der Waals surface area contributed by atoms with Crippen LogP contribution in [-0.4, -0.2) is 6.04 Å². The first-order chi connectivity index (χ1) is 10.0. The second kappa shape index (κ2) is 7.38. The van der Waals surface area contributed by atoms with Crippen molar-refractivity contribution >= 4 is 27.7 Å². The molecule has 0 fully saturated rings. The highest BCUT2D eigenvalue weighted by atomic mass is 79.9. The van der Waals surface area contributed by atoms with Gasteiger partial charge in [0.1, 0.15) is 0 Å². The van der Waals surface area contributed by atoms with Crippen molar-refractivity contribution < 1.29 is 8.78 Å². The Kier molecular flexibility index (Phi) is 5.79. The Bertz CT molecular complexity index is 604. The van der Waals surface area contributed by atoms with Crippen LogP contribution in [-0.2, 0) is 0 Å². The van der Waals surface area contributed by atoms with Crippen molar-refractivity contribution in [3.8, 4) is 0 Å². The van der Waals surface area contributed by atoms with E-state index >= 15 is 0 Å². The average Bonchev–Trinajstić information content (AvgIpc) is 2.48. The lowest BCUT2D eigenvalue weighted by molar-refractivity contribution is 0.506. The first kappa shape index (κ1) is 16.5. The Morgan fingerprint density at radius 1 is 1.10 bits per heavy atom.